The first-order valence-corrected chi connectivity index (χ1v) is 5.32. The topological polar surface area (TPSA) is 60.2 Å². The predicted octanol–water partition coefficient (Wildman–Crippen LogP) is 2.53. The minimum atomic E-state index is -1.03. The summed E-state index contributed by atoms with van der Waals surface area (Å²) in [5.41, 5.74) is 0.478. The lowest BCUT2D eigenvalue weighted by molar-refractivity contribution is -0.520. The number of nitro groups is 1. The van der Waals surface area contributed by atoms with E-state index in [2.05, 4.69) is 0 Å². The fraction of sp³-hybridized carbons (Fsp3) is 0.364. The van der Waals surface area contributed by atoms with E-state index in [0.29, 0.717) is 5.56 Å². The second kappa shape index (κ2) is 5.61. The highest BCUT2D eigenvalue weighted by atomic mass is 35.5. The molecule has 0 bridgehead atoms. The summed E-state index contributed by atoms with van der Waals surface area (Å²) in [5, 5.41) is 10.0. The van der Waals surface area contributed by atoms with Gasteiger partial charge < -0.3 is 0 Å². The summed E-state index contributed by atoms with van der Waals surface area (Å²) in [5.74, 6) is -0.255. The second-order valence-corrected chi connectivity index (χ2v) is 4.21. The molecule has 0 saturated heterocycles. The number of carbonyl (C=O) groups excluding carboxylic acids is 1. The van der Waals surface area contributed by atoms with E-state index in [4.69, 9.17) is 11.6 Å². The van der Waals surface area contributed by atoms with Crippen LogP contribution in [0.3, 0.4) is 0 Å². The van der Waals surface area contributed by atoms with Crippen LogP contribution >= 0.6 is 11.6 Å². The van der Waals surface area contributed by atoms with E-state index in [-0.39, 0.29) is 12.2 Å². The number of halogens is 1. The number of alkyl halides is 1. The van der Waals surface area contributed by atoms with Gasteiger partial charge in [0.15, 0.2) is 5.78 Å². The summed E-state index contributed by atoms with van der Waals surface area (Å²) in [7, 11) is 0. The maximum Gasteiger partial charge on any atom is 0.236 e. The van der Waals surface area contributed by atoms with Crippen LogP contribution < -0.4 is 0 Å². The highest BCUT2D eigenvalue weighted by molar-refractivity contribution is 6.21. The fourth-order valence-corrected chi connectivity index (χ4v) is 1.52. The molecule has 0 aliphatic rings. The molecular formula is C11H12ClNO3. The van der Waals surface area contributed by atoms with E-state index in [0.717, 1.165) is 0 Å². The van der Waals surface area contributed by atoms with Gasteiger partial charge in [-0.25, -0.2) is 0 Å². The molecule has 1 aromatic rings. The van der Waals surface area contributed by atoms with Gasteiger partial charge in [0.1, 0.15) is 0 Å². The summed E-state index contributed by atoms with van der Waals surface area (Å²) in [6.45, 7) is 1.52. The van der Waals surface area contributed by atoms with Crippen molar-refractivity contribution < 1.29 is 9.72 Å². The molecular weight excluding hydrogens is 230 g/mol. The Labute approximate surface area is 98.4 Å². The number of ketones is 1. The number of hydrogen-bond acceptors (Lipinski definition) is 3. The monoisotopic (exact) mass is 241 g/mol. The summed E-state index contributed by atoms with van der Waals surface area (Å²) in [4.78, 5) is 21.9. The molecule has 0 N–H and O–H groups in total. The number of nitrogens with zero attached hydrogens (tertiary/aromatic N) is 1. The van der Waals surface area contributed by atoms with Crippen molar-refractivity contribution in [1.29, 1.82) is 0 Å². The van der Waals surface area contributed by atoms with E-state index in [1.54, 1.807) is 30.3 Å². The molecule has 86 valence electrons. The first-order chi connectivity index (χ1) is 7.52. The Morgan fingerprint density at radius 1 is 1.44 bits per heavy atom. The first-order valence-electron chi connectivity index (χ1n) is 4.88. The minimum Gasteiger partial charge on any atom is -0.294 e. The second-order valence-electron chi connectivity index (χ2n) is 3.52. The molecule has 4 nitrogen and oxygen atoms in total. The van der Waals surface area contributed by atoms with Crippen molar-refractivity contribution in [2.24, 2.45) is 0 Å². The van der Waals surface area contributed by atoms with Gasteiger partial charge >= 0.3 is 0 Å². The summed E-state index contributed by atoms with van der Waals surface area (Å²) >= 11 is 5.68. The molecule has 0 heterocycles. The van der Waals surface area contributed by atoms with Crippen molar-refractivity contribution in [2.75, 3.05) is 0 Å². The van der Waals surface area contributed by atoms with Gasteiger partial charge in [0, 0.05) is 10.5 Å². The Hall–Kier alpha value is -1.42. The van der Waals surface area contributed by atoms with Crippen molar-refractivity contribution in [3.63, 3.8) is 0 Å². The summed E-state index contributed by atoms with van der Waals surface area (Å²) in [6, 6.07) is 7.47. The molecule has 5 heteroatoms. The van der Waals surface area contributed by atoms with Gasteiger partial charge in [-0.05, 0) is 6.92 Å². The van der Waals surface area contributed by atoms with Crippen molar-refractivity contribution in [2.45, 2.75) is 24.8 Å². The lowest BCUT2D eigenvalue weighted by Gasteiger charge is -2.10. The third-order valence-electron chi connectivity index (χ3n) is 2.29. The Balaban J connectivity index is 2.74. The maximum absolute atomic E-state index is 11.7. The molecule has 0 aliphatic carbocycles. The zero-order valence-corrected chi connectivity index (χ0v) is 9.55. The molecule has 2 atom stereocenters. The van der Waals surface area contributed by atoms with E-state index in [1.165, 1.54) is 6.92 Å². The van der Waals surface area contributed by atoms with Crippen molar-refractivity contribution >= 4 is 17.4 Å². The van der Waals surface area contributed by atoms with E-state index in [9.17, 15) is 14.9 Å². The molecule has 0 spiro atoms. The standard InChI is InChI=1S/C11H12ClNO3/c1-8(12)10(13(15)16)7-11(14)9-5-3-2-4-6-9/h2-6,8,10H,7H2,1H3. The lowest BCUT2D eigenvalue weighted by atomic mass is 10.0. The van der Waals surface area contributed by atoms with E-state index < -0.39 is 16.3 Å². The Kier molecular flexibility index (Phi) is 4.43. The van der Waals surface area contributed by atoms with Gasteiger partial charge in [0.2, 0.25) is 6.04 Å². The predicted molar refractivity (Wildman–Crippen MR) is 61.5 cm³/mol. The van der Waals surface area contributed by atoms with Crippen LogP contribution in [0.15, 0.2) is 30.3 Å². The largest absolute Gasteiger partial charge is 0.294 e. The van der Waals surface area contributed by atoms with Crippen LogP contribution in [0, 0.1) is 10.1 Å². The van der Waals surface area contributed by atoms with Gasteiger partial charge in [0.05, 0.1) is 11.8 Å². The average Bonchev–Trinajstić information content (AvgIpc) is 2.25. The number of hydrogen-bond donors (Lipinski definition) is 0. The molecule has 0 aromatic heterocycles. The smallest absolute Gasteiger partial charge is 0.236 e. The van der Waals surface area contributed by atoms with Gasteiger partial charge in [-0.15, -0.1) is 11.6 Å². The normalized spacial score (nSPS) is 14.1. The Bertz CT molecular complexity index is 378. The molecule has 16 heavy (non-hydrogen) atoms. The number of carbonyl (C=O) groups is 1. The van der Waals surface area contributed by atoms with Crippen molar-refractivity contribution in [3.8, 4) is 0 Å². The van der Waals surface area contributed by atoms with Crippen LogP contribution in [-0.4, -0.2) is 22.1 Å². The highest BCUT2D eigenvalue weighted by Crippen LogP contribution is 2.13. The molecule has 1 rings (SSSR count). The van der Waals surface area contributed by atoms with Crippen LogP contribution in [0.25, 0.3) is 0 Å². The van der Waals surface area contributed by atoms with E-state index >= 15 is 0 Å². The molecule has 1 aromatic carbocycles. The number of rotatable bonds is 5. The maximum atomic E-state index is 11.7. The zero-order valence-electron chi connectivity index (χ0n) is 8.80. The minimum absolute atomic E-state index is 0.165. The van der Waals surface area contributed by atoms with Crippen molar-refractivity contribution in [3.05, 3.63) is 46.0 Å². The molecule has 0 aliphatic heterocycles. The summed E-state index contributed by atoms with van der Waals surface area (Å²) in [6.07, 6.45) is -0.165. The quantitative estimate of drug-likeness (QED) is 0.344. The highest BCUT2D eigenvalue weighted by Gasteiger charge is 2.29. The zero-order chi connectivity index (χ0) is 12.1. The van der Waals surface area contributed by atoms with Crippen LogP contribution in [0.4, 0.5) is 0 Å². The van der Waals surface area contributed by atoms with Gasteiger partial charge in [-0.1, -0.05) is 30.3 Å². The number of Topliss-reactive ketones (excluding diaryl/α,β-unsaturated/α-hetero) is 1. The lowest BCUT2D eigenvalue weighted by Crippen LogP contribution is -2.30. The third-order valence-corrected chi connectivity index (χ3v) is 2.58. The van der Waals surface area contributed by atoms with Gasteiger partial charge in [-0.3, -0.25) is 14.9 Å². The van der Waals surface area contributed by atoms with Crippen LogP contribution in [0.5, 0.6) is 0 Å². The van der Waals surface area contributed by atoms with Crippen LogP contribution in [0.2, 0.25) is 0 Å². The Morgan fingerprint density at radius 3 is 2.44 bits per heavy atom. The number of benzene rings is 1. The SMILES string of the molecule is CC(Cl)C(CC(=O)c1ccccc1)[N+](=O)[O-]. The van der Waals surface area contributed by atoms with Gasteiger partial charge in [-0.2, -0.15) is 0 Å². The molecule has 0 saturated carbocycles. The molecule has 0 amide bonds. The fourth-order valence-electron chi connectivity index (χ4n) is 1.34. The molecule has 2 unspecified atom stereocenters. The third kappa shape index (κ3) is 3.31. The molecule has 0 fully saturated rings. The van der Waals surface area contributed by atoms with Crippen LogP contribution in [-0.2, 0) is 0 Å². The van der Waals surface area contributed by atoms with E-state index in [1.807, 2.05) is 0 Å². The van der Waals surface area contributed by atoms with Crippen LogP contribution in [0.1, 0.15) is 23.7 Å². The first kappa shape index (κ1) is 12.6. The summed E-state index contributed by atoms with van der Waals surface area (Å²) < 4.78 is 0. The molecule has 0 radical (unpaired) electrons. The Morgan fingerprint density at radius 2 is 2.00 bits per heavy atom. The van der Waals surface area contributed by atoms with Gasteiger partial charge in [0.25, 0.3) is 0 Å². The van der Waals surface area contributed by atoms with Crippen molar-refractivity contribution in [1.82, 2.24) is 0 Å². The average molecular weight is 242 g/mol.